The molecule has 0 aromatic rings. The monoisotopic (exact) mass is 206 g/mol. The van der Waals surface area contributed by atoms with Crippen molar-refractivity contribution in [1.29, 1.82) is 0 Å². The number of nitrogens with two attached hydrogens (primary N) is 1. The SMILES string of the molecule is CC(C)NC(=O)[C@@H]1CC[C@H](N)C1.Cl. The number of halogens is 1. The Morgan fingerprint density at radius 3 is 2.46 bits per heavy atom. The first-order valence-corrected chi connectivity index (χ1v) is 4.65. The van der Waals surface area contributed by atoms with Gasteiger partial charge in [0.05, 0.1) is 0 Å². The minimum atomic E-state index is 0. The number of carbonyl (C=O) groups excluding carboxylic acids is 1. The molecule has 13 heavy (non-hydrogen) atoms. The third-order valence-electron chi connectivity index (χ3n) is 2.27. The van der Waals surface area contributed by atoms with E-state index in [0.29, 0.717) is 0 Å². The molecule has 1 rings (SSSR count). The molecule has 1 fully saturated rings. The molecule has 1 saturated carbocycles. The number of nitrogens with one attached hydrogen (secondary N) is 1. The molecule has 0 radical (unpaired) electrons. The topological polar surface area (TPSA) is 55.1 Å². The number of hydrogen-bond donors (Lipinski definition) is 2. The van der Waals surface area contributed by atoms with E-state index in [-0.39, 0.29) is 36.3 Å². The van der Waals surface area contributed by atoms with E-state index in [1.165, 1.54) is 0 Å². The standard InChI is InChI=1S/C9H18N2O.ClH/c1-6(2)11-9(12)7-3-4-8(10)5-7;/h6-8H,3-5,10H2,1-2H3,(H,11,12);1H/t7-,8+;/m1./s1. The molecule has 0 aromatic carbocycles. The number of carbonyl (C=O) groups is 1. The normalized spacial score (nSPS) is 27.1. The Morgan fingerprint density at radius 1 is 1.46 bits per heavy atom. The van der Waals surface area contributed by atoms with Crippen LogP contribution >= 0.6 is 12.4 Å². The summed E-state index contributed by atoms with van der Waals surface area (Å²) in [6, 6.07) is 0.488. The van der Waals surface area contributed by atoms with Crippen molar-refractivity contribution in [3.05, 3.63) is 0 Å². The second-order valence-corrected chi connectivity index (χ2v) is 3.93. The smallest absolute Gasteiger partial charge is 0.223 e. The van der Waals surface area contributed by atoms with E-state index < -0.39 is 0 Å². The predicted octanol–water partition coefficient (Wildman–Crippen LogP) is 1.06. The van der Waals surface area contributed by atoms with Gasteiger partial charge in [0.1, 0.15) is 0 Å². The highest BCUT2D eigenvalue weighted by atomic mass is 35.5. The Labute approximate surface area is 85.9 Å². The lowest BCUT2D eigenvalue weighted by Crippen LogP contribution is -2.35. The van der Waals surface area contributed by atoms with Crippen LogP contribution in [0.5, 0.6) is 0 Å². The summed E-state index contributed by atoms with van der Waals surface area (Å²) < 4.78 is 0. The molecule has 0 aromatic heterocycles. The summed E-state index contributed by atoms with van der Waals surface area (Å²) in [5, 5.41) is 2.91. The molecule has 2 atom stereocenters. The van der Waals surface area contributed by atoms with E-state index >= 15 is 0 Å². The molecule has 78 valence electrons. The maximum Gasteiger partial charge on any atom is 0.223 e. The molecular formula is C9H19ClN2O. The maximum absolute atomic E-state index is 11.4. The van der Waals surface area contributed by atoms with Crippen LogP contribution in [-0.4, -0.2) is 18.0 Å². The van der Waals surface area contributed by atoms with E-state index in [2.05, 4.69) is 5.32 Å². The van der Waals surface area contributed by atoms with Crippen molar-refractivity contribution in [2.45, 2.75) is 45.2 Å². The van der Waals surface area contributed by atoms with Crippen LogP contribution in [0.2, 0.25) is 0 Å². The van der Waals surface area contributed by atoms with Crippen LogP contribution in [-0.2, 0) is 4.79 Å². The van der Waals surface area contributed by atoms with E-state index in [1.54, 1.807) is 0 Å². The fourth-order valence-corrected chi connectivity index (χ4v) is 1.66. The highest BCUT2D eigenvalue weighted by molar-refractivity contribution is 5.85. The third kappa shape index (κ3) is 3.96. The average Bonchev–Trinajstić information content (AvgIpc) is 2.34. The summed E-state index contributed by atoms with van der Waals surface area (Å²) in [5.41, 5.74) is 5.71. The van der Waals surface area contributed by atoms with E-state index in [0.717, 1.165) is 19.3 Å². The molecular weight excluding hydrogens is 188 g/mol. The largest absolute Gasteiger partial charge is 0.354 e. The fraction of sp³-hybridized carbons (Fsp3) is 0.889. The van der Waals surface area contributed by atoms with Gasteiger partial charge in [0.25, 0.3) is 0 Å². The fourth-order valence-electron chi connectivity index (χ4n) is 1.66. The van der Waals surface area contributed by atoms with Crippen molar-refractivity contribution in [2.75, 3.05) is 0 Å². The lowest BCUT2D eigenvalue weighted by molar-refractivity contribution is -0.125. The quantitative estimate of drug-likeness (QED) is 0.710. The van der Waals surface area contributed by atoms with Crippen molar-refractivity contribution in [1.82, 2.24) is 5.32 Å². The van der Waals surface area contributed by atoms with E-state index in [9.17, 15) is 4.79 Å². The van der Waals surface area contributed by atoms with Gasteiger partial charge in [0.15, 0.2) is 0 Å². The van der Waals surface area contributed by atoms with Gasteiger partial charge in [0.2, 0.25) is 5.91 Å². The van der Waals surface area contributed by atoms with Gasteiger partial charge in [-0.2, -0.15) is 0 Å². The van der Waals surface area contributed by atoms with Crippen LogP contribution in [0.1, 0.15) is 33.1 Å². The zero-order chi connectivity index (χ0) is 9.14. The molecule has 4 heteroatoms. The van der Waals surface area contributed by atoms with Crippen LogP contribution in [0.4, 0.5) is 0 Å². The summed E-state index contributed by atoms with van der Waals surface area (Å²) in [6.07, 6.45) is 2.81. The lowest BCUT2D eigenvalue weighted by atomic mass is 10.1. The van der Waals surface area contributed by atoms with Crippen LogP contribution in [0.25, 0.3) is 0 Å². The number of hydrogen-bond acceptors (Lipinski definition) is 2. The summed E-state index contributed by atoms with van der Waals surface area (Å²) in [5.74, 6) is 0.348. The molecule has 1 aliphatic carbocycles. The second kappa shape index (κ2) is 5.45. The summed E-state index contributed by atoms with van der Waals surface area (Å²) in [4.78, 5) is 11.4. The molecule has 1 amide bonds. The summed E-state index contributed by atoms with van der Waals surface area (Å²) in [7, 11) is 0. The predicted molar refractivity (Wildman–Crippen MR) is 55.8 cm³/mol. The molecule has 0 aliphatic heterocycles. The summed E-state index contributed by atoms with van der Waals surface area (Å²) in [6.45, 7) is 3.96. The first-order valence-electron chi connectivity index (χ1n) is 4.65. The Kier molecular flexibility index (Phi) is 5.33. The van der Waals surface area contributed by atoms with Gasteiger partial charge in [-0.1, -0.05) is 0 Å². The zero-order valence-electron chi connectivity index (χ0n) is 8.25. The van der Waals surface area contributed by atoms with Gasteiger partial charge < -0.3 is 11.1 Å². The van der Waals surface area contributed by atoms with Crippen molar-refractivity contribution in [3.63, 3.8) is 0 Å². The van der Waals surface area contributed by atoms with Gasteiger partial charge >= 0.3 is 0 Å². The molecule has 0 bridgehead atoms. The molecule has 0 heterocycles. The average molecular weight is 207 g/mol. The zero-order valence-corrected chi connectivity index (χ0v) is 9.06. The Bertz CT molecular complexity index is 173. The Morgan fingerprint density at radius 2 is 2.08 bits per heavy atom. The molecule has 0 saturated heterocycles. The molecule has 1 aliphatic rings. The van der Waals surface area contributed by atoms with Crippen molar-refractivity contribution in [2.24, 2.45) is 11.7 Å². The number of amides is 1. The lowest BCUT2D eigenvalue weighted by Gasteiger charge is -2.12. The van der Waals surface area contributed by atoms with Crippen LogP contribution < -0.4 is 11.1 Å². The Balaban J connectivity index is 0.00000144. The second-order valence-electron chi connectivity index (χ2n) is 3.93. The molecule has 3 nitrogen and oxygen atoms in total. The first kappa shape index (κ1) is 12.7. The van der Waals surface area contributed by atoms with Crippen molar-refractivity contribution >= 4 is 18.3 Å². The maximum atomic E-state index is 11.4. The molecule has 3 N–H and O–H groups in total. The van der Waals surface area contributed by atoms with Crippen LogP contribution in [0.15, 0.2) is 0 Å². The van der Waals surface area contributed by atoms with Crippen LogP contribution in [0, 0.1) is 5.92 Å². The highest BCUT2D eigenvalue weighted by Gasteiger charge is 2.27. The molecule has 0 spiro atoms. The van der Waals surface area contributed by atoms with Gasteiger partial charge in [-0.3, -0.25) is 4.79 Å². The van der Waals surface area contributed by atoms with Gasteiger partial charge in [0, 0.05) is 18.0 Å². The molecule has 0 unspecified atom stereocenters. The third-order valence-corrected chi connectivity index (χ3v) is 2.27. The Hall–Kier alpha value is -0.280. The highest BCUT2D eigenvalue weighted by Crippen LogP contribution is 2.23. The first-order chi connectivity index (χ1) is 5.59. The van der Waals surface area contributed by atoms with E-state index in [4.69, 9.17) is 5.73 Å². The number of rotatable bonds is 2. The van der Waals surface area contributed by atoms with Crippen molar-refractivity contribution in [3.8, 4) is 0 Å². The van der Waals surface area contributed by atoms with Gasteiger partial charge in [-0.15, -0.1) is 12.4 Å². The van der Waals surface area contributed by atoms with E-state index in [1.807, 2.05) is 13.8 Å². The van der Waals surface area contributed by atoms with Crippen molar-refractivity contribution < 1.29 is 4.79 Å². The van der Waals surface area contributed by atoms with Crippen LogP contribution in [0.3, 0.4) is 0 Å². The van der Waals surface area contributed by atoms with Gasteiger partial charge in [-0.25, -0.2) is 0 Å². The minimum Gasteiger partial charge on any atom is -0.354 e. The van der Waals surface area contributed by atoms with Gasteiger partial charge in [-0.05, 0) is 33.1 Å². The minimum absolute atomic E-state index is 0. The summed E-state index contributed by atoms with van der Waals surface area (Å²) >= 11 is 0.